The quantitative estimate of drug-likeness (QED) is 0.838. The maximum atomic E-state index is 3.64. The first-order chi connectivity index (χ1) is 8.81. The van der Waals surface area contributed by atoms with Crippen molar-refractivity contribution in [1.29, 1.82) is 0 Å². The molecule has 1 aromatic heterocycles. The Morgan fingerprint density at radius 2 is 2.17 bits per heavy atom. The van der Waals surface area contributed by atoms with E-state index in [1.807, 2.05) is 11.3 Å². The summed E-state index contributed by atoms with van der Waals surface area (Å²) in [5.41, 5.74) is 0. The summed E-state index contributed by atoms with van der Waals surface area (Å²) in [4.78, 5) is 1.36. The smallest absolute Gasteiger partial charge is 0.0349 e. The maximum absolute atomic E-state index is 3.64. The third kappa shape index (κ3) is 2.65. The van der Waals surface area contributed by atoms with Crippen molar-refractivity contribution >= 4 is 27.5 Å². The van der Waals surface area contributed by atoms with Gasteiger partial charge in [-0.1, -0.05) is 30.7 Å². The van der Waals surface area contributed by atoms with Gasteiger partial charge in [0.2, 0.25) is 0 Å². The van der Waals surface area contributed by atoms with Gasteiger partial charge >= 0.3 is 0 Å². The fourth-order valence-corrected chi connectivity index (χ4v) is 3.60. The molecule has 1 aliphatic rings. The lowest BCUT2D eigenvalue weighted by Gasteiger charge is -2.26. The van der Waals surface area contributed by atoms with Gasteiger partial charge in [-0.15, -0.1) is 11.3 Å². The molecule has 1 nitrogen and oxygen atoms in total. The highest BCUT2D eigenvalue weighted by Gasteiger charge is 2.14. The van der Waals surface area contributed by atoms with E-state index in [1.165, 1.54) is 34.2 Å². The first-order valence-electron chi connectivity index (χ1n) is 6.74. The van der Waals surface area contributed by atoms with Gasteiger partial charge in [-0.3, -0.25) is 0 Å². The predicted molar refractivity (Wildman–Crippen MR) is 81.1 cm³/mol. The van der Waals surface area contributed by atoms with Gasteiger partial charge in [0.25, 0.3) is 0 Å². The zero-order valence-corrected chi connectivity index (χ0v) is 11.5. The van der Waals surface area contributed by atoms with Gasteiger partial charge in [0, 0.05) is 21.7 Å². The Kier molecular flexibility index (Phi) is 3.48. The Morgan fingerprint density at radius 3 is 3.00 bits per heavy atom. The van der Waals surface area contributed by atoms with Crippen LogP contribution in [0.3, 0.4) is 0 Å². The number of hydrogen-bond donors (Lipinski definition) is 1. The predicted octanol–water partition coefficient (Wildman–Crippen LogP) is 4.45. The molecular formula is C16H19NS. The molecule has 2 aromatic rings. The second-order valence-electron chi connectivity index (χ2n) is 5.15. The molecule has 1 aliphatic heterocycles. The van der Waals surface area contributed by atoms with Gasteiger partial charge < -0.3 is 5.32 Å². The molecule has 3 rings (SSSR count). The highest BCUT2D eigenvalue weighted by Crippen LogP contribution is 2.26. The monoisotopic (exact) mass is 257 g/mol. The largest absolute Gasteiger partial charge is 0.308 e. The molecule has 0 saturated carbocycles. The number of piperidine rings is 1. The SMILES string of the molecule is CC1CCCC(/C=C/c2cc3ccccc3s2)N1. The van der Waals surface area contributed by atoms with Crippen molar-refractivity contribution in [2.24, 2.45) is 0 Å². The minimum atomic E-state index is 0.555. The van der Waals surface area contributed by atoms with Crippen LogP contribution < -0.4 is 5.32 Å². The van der Waals surface area contributed by atoms with Crippen molar-refractivity contribution < 1.29 is 0 Å². The summed E-state index contributed by atoms with van der Waals surface area (Å²) in [5, 5.41) is 4.99. The minimum absolute atomic E-state index is 0.555. The van der Waals surface area contributed by atoms with E-state index in [0.717, 1.165) is 0 Å². The number of thiophene rings is 1. The summed E-state index contributed by atoms with van der Waals surface area (Å²) in [6, 6.07) is 12.1. The van der Waals surface area contributed by atoms with E-state index in [1.54, 1.807) is 0 Å². The summed E-state index contributed by atoms with van der Waals surface area (Å²) in [6.45, 7) is 2.28. The number of benzene rings is 1. The minimum Gasteiger partial charge on any atom is -0.308 e. The lowest BCUT2D eigenvalue weighted by atomic mass is 9.99. The van der Waals surface area contributed by atoms with Crippen LogP contribution in [-0.4, -0.2) is 12.1 Å². The number of rotatable bonds is 2. The first kappa shape index (κ1) is 11.9. The number of hydrogen-bond acceptors (Lipinski definition) is 2. The molecule has 18 heavy (non-hydrogen) atoms. The average molecular weight is 257 g/mol. The Labute approximate surface area is 113 Å². The van der Waals surface area contributed by atoms with Gasteiger partial charge in [0.05, 0.1) is 0 Å². The van der Waals surface area contributed by atoms with Crippen LogP contribution in [0.2, 0.25) is 0 Å². The summed E-state index contributed by atoms with van der Waals surface area (Å²) in [5.74, 6) is 0. The lowest BCUT2D eigenvalue weighted by Crippen LogP contribution is -2.39. The molecule has 1 aromatic carbocycles. The van der Waals surface area contributed by atoms with Gasteiger partial charge in [-0.05, 0) is 43.4 Å². The maximum Gasteiger partial charge on any atom is 0.0349 e. The molecule has 0 spiro atoms. The third-order valence-electron chi connectivity index (χ3n) is 3.59. The Bertz CT molecular complexity index is 522. The summed E-state index contributed by atoms with van der Waals surface area (Å²) in [7, 11) is 0. The van der Waals surface area contributed by atoms with Crippen LogP contribution in [0.1, 0.15) is 31.1 Å². The normalized spacial score (nSPS) is 24.9. The zero-order chi connectivity index (χ0) is 12.4. The second kappa shape index (κ2) is 5.25. The molecule has 2 heterocycles. The van der Waals surface area contributed by atoms with Crippen LogP contribution in [0, 0.1) is 0 Å². The van der Waals surface area contributed by atoms with Crippen LogP contribution in [0.5, 0.6) is 0 Å². The van der Waals surface area contributed by atoms with E-state index in [9.17, 15) is 0 Å². The fourth-order valence-electron chi connectivity index (χ4n) is 2.62. The van der Waals surface area contributed by atoms with E-state index in [2.05, 4.69) is 54.7 Å². The summed E-state index contributed by atoms with van der Waals surface area (Å²) >= 11 is 1.87. The molecule has 1 fully saturated rings. The van der Waals surface area contributed by atoms with Crippen LogP contribution in [0.25, 0.3) is 16.2 Å². The molecule has 0 aliphatic carbocycles. The molecule has 1 N–H and O–H groups in total. The van der Waals surface area contributed by atoms with Crippen molar-refractivity contribution in [2.75, 3.05) is 0 Å². The van der Waals surface area contributed by atoms with Crippen molar-refractivity contribution in [3.8, 4) is 0 Å². The third-order valence-corrected chi connectivity index (χ3v) is 4.67. The van der Waals surface area contributed by atoms with E-state index in [0.29, 0.717) is 12.1 Å². The molecule has 94 valence electrons. The Balaban J connectivity index is 1.75. The lowest BCUT2D eigenvalue weighted by molar-refractivity contribution is 0.375. The van der Waals surface area contributed by atoms with E-state index in [4.69, 9.17) is 0 Å². The zero-order valence-electron chi connectivity index (χ0n) is 10.7. The topological polar surface area (TPSA) is 12.0 Å². The van der Waals surface area contributed by atoms with Crippen LogP contribution in [0.4, 0.5) is 0 Å². The molecule has 2 heteroatoms. The van der Waals surface area contributed by atoms with Crippen molar-refractivity contribution in [2.45, 2.75) is 38.3 Å². The summed E-state index contributed by atoms with van der Waals surface area (Å²) in [6.07, 6.45) is 8.54. The molecule has 0 amide bonds. The standard InChI is InChI=1S/C16H19NS/c1-12-5-4-7-14(17-12)9-10-15-11-13-6-2-3-8-16(13)18-15/h2-3,6,8-12,14,17H,4-5,7H2,1H3/b10-9+. The Morgan fingerprint density at radius 1 is 1.28 bits per heavy atom. The van der Waals surface area contributed by atoms with E-state index >= 15 is 0 Å². The highest BCUT2D eigenvalue weighted by atomic mass is 32.1. The molecule has 0 bridgehead atoms. The van der Waals surface area contributed by atoms with Crippen molar-refractivity contribution in [3.63, 3.8) is 0 Å². The molecule has 2 atom stereocenters. The van der Waals surface area contributed by atoms with Crippen molar-refractivity contribution in [1.82, 2.24) is 5.32 Å². The molecule has 1 saturated heterocycles. The fraction of sp³-hybridized carbons (Fsp3) is 0.375. The first-order valence-corrected chi connectivity index (χ1v) is 7.56. The van der Waals surface area contributed by atoms with Crippen LogP contribution >= 0.6 is 11.3 Å². The number of fused-ring (bicyclic) bond motifs is 1. The Hall–Kier alpha value is -1.12. The van der Waals surface area contributed by atoms with Gasteiger partial charge in [-0.25, -0.2) is 0 Å². The van der Waals surface area contributed by atoms with E-state index < -0.39 is 0 Å². The number of nitrogens with one attached hydrogen (secondary N) is 1. The van der Waals surface area contributed by atoms with Gasteiger partial charge in [0.15, 0.2) is 0 Å². The second-order valence-corrected chi connectivity index (χ2v) is 6.27. The van der Waals surface area contributed by atoms with Gasteiger partial charge in [0.1, 0.15) is 0 Å². The van der Waals surface area contributed by atoms with E-state index in [-0.39, 0.29) is 0 Å². The molecular weight excluding hydrogens is 238 g/mol. The highest BCUT2D eigenvalue weighted by molar-refractivity contribution is 7.19. The van der Waals surface area contributed by atoms with Crippen LogP contribution in [0.15, 0.2) is 36.4 Å². The van der Waals surface area contributed by atoms with Crippen LogP contribution in [-0.2, 0) is 0 Å². The molecule has 0 radical (unpaired) electrons. The summed E-state index contributed by atoms with van der Waals surface area (Å²) < 4.78 is 1.38. The average Bonchev–Trinajstić information content (AvgIpc) is 2.79. The molecule has 2 unspecified atom stereocenters. The van der Waals surface area contributed by atoms with Gasteiger partial charge in [-0.2, -0.15) is 0 Å². The van der Waals surface area contributed by atoms with Crippen molar-refractivity contribution in [3.05, 3.63) is 41.3 Å².